The fourth-order valence-corrected chi connectivity index (χ4v) is 3.17. The Morgan fingerprint density at radius 2 is 1.44 bits per heavy atom. The number of nitrogen functional groups attached to an aromatic ring is 1. The first kappa shape index (κ1) is 18.4. The van der Waals surface area contributed by atoms with E-state index in [0.717, 1.165) is 0 Å². The van der Waals surface area contributed by atoms with E-state index in [1.807, 2.05) is 23.2 Å². The Labute approximate surface area is 154 Å². The van der Waals surface area contributed by atoms with Gasteiger partial charge in [0.1, 0.15) is 11.4 Å². The molecule has 0 radical (unpaired) electrons. The van der Waals surface area contributed by atoms with Gasteiger partial charge in [0.15, 0.2) is 0 Å². The minimum atomic E-state index is -0.795. The van der Waals surface area contributed by atoms with Crippen LogP contribution in [-0.4, -0.2) is 33.9 Å². The van der Waals surface area contributed by atoms with Gasteiger partial charge in [0.05, 0.1) is 0 Å². The predicted molar refractivity (Wildman–Crippen MR) is 99.5 cm³/mol. The number of anilines is 1. The smallest absolute Gasteiger partial charge is 0.326 e. The van der Waals surface area contributed by atoms with Gasteiger partial charge in [0.25, 0.3) is 17.4 Å². The standard InChI is InChI=1S/C18H21N5O4/c19-13-14(22-18(27)23-16(13)25)17(26)21-12-8-6-11(7-9-12)20-15(24)10-4-2-1-3-5-10/h1-5,11-12H,6-9,19H2,(H,20,24)(H,21,26)(H2,22,23,25,27)/t11-,12+. The van der Waals surface area contributed by atoms with Crippen LogP contribution in [0.1, 0.15) is 46.5 Å². The lowest BCUT2D eigenvalue weighted by molar-refractivity contribution is 0.0889. The molecule has 1 aliphatic carbocycles. The van der Waals surface area contributed by atoms with Crippen molar-refractivity contribution < 1.29 is 9.59 Å². The molecule has 27 heavy (non-hydrogen) atoms. The molecule has 0 saturated heterocycles. The molecule has 6 N–H and O–H groups in total. The molecule has 0 unspecified atom stereocenters. The van der Waals surface area contributed by atoms with E-state index >= 15 is 0 Å². The Morgan fingerprint density at radius 3 is 2.04 bits per heavy atom. The molecule has 2 amide bonds. The molecule has 9 nitrogen and oxygen atoms in total. The van der Waals surface area contributed by atoms with E-state index in [4.69, 9.17) is 5.73 Å². The van der Waals surface area contributed by atoms with Crippen LogP contribution in [0.2, 0.25) is 0 Å². The number of aromatic amines is 2. The van der Waals surface area contributed by atoms with E-state index in [2.05, 4.69) is 15.6 Å². The van der Waals surface area contributed by atoms with Crippen molar-refractivity contribution in [3.05, 3.63) is 62.4 Å². The van der Waals surface area contributed by atoms with Gasteiger partial charge in [0, 0.05) is 17.6 Å². The SMILES string of the molecule is Nc1c(C(=O)N[C@H]2CC[C@@H](NC(=O)c3ccccc3)CC2)[nH]c(=O)[nH]c1=O. The highest BCUT2D eigenvalue weighted by Crippen LogP contribution is 2.19. The maximum atomic E-state index is 12.3. The maximum Gasteiger partial charge on any atom is 0.326 e. The topological polar surface area (TPSA) is 150 Å². The summed E-state index contributed by atoms with van der Waals surface area (Å²) >= 11 is 0. The number of carbonyl (C=O) groups excluding carboxylic acids is 2. The quantitative estimate of drug-likeness (QED) is 0.517. The highest BCUT2D eigenvalue weighted by Gasteiger charge is 2.25. The molecule has 1 heterocycles. The number of rotatable bonds is 4. The average Bonchev–Trinajstić information content (AvgIpc) is 2.66. The van der Waals surface area contributed by atoms with Crippen molar-refractivity contribution in [2.75, 3.05) is 5.73 Å². The first-order valence-corrected chi connectivity index (χ1v) is 8.73. The molecule has 3 rings (SSSR count). The van der Waals surface area contributed by atoms with Crippen molar-refractivity contribution in [3.8, 4) is 0 Å². The number of carbonyl (C=O) groups is 2. The van der Waals surface area contributed by atoms with Crippen LogP contribution in [0.15, 0.2) is 39.9 Å². The van der Waals surface area contributed by atoms with E-state index < -0.39 is 17.2 Å². The zero-order chi connectivity index (χ0) is 19.4. The first-order valence-electron chi connectivity index (χ1n) is 8.73. The highest BCUT2D eigenvalue weighted by atomic mass is 16.2. The van der Waals surface area contributed by atoms with E-state index in [-0.39, 0.29) is 29.4 Å². The minimum Gasteiger partial charge on any atom is -0.392 e. The molecule has 9 heteroatoms. The molecule has 142 valence electrons. The minimum absolute atomic E-state index is 0.0373. The molecule has 1 aliphatic rings. The van der Waals surface area contributed by atoms with E-state index in [1.54, 1.807) is 12.1 Å². The third kappa shape index (κ3) is 4.43. The van der Waals surface area contributed by atoms with Crippen LogP contribution in [-0.2, 0) is 0 Å². The first-order chi connectivity index (χ1) is 12.9. The second kappa shape index (κ2) is 7.90. The summed E-state index contributed by atoms with van der Waals surface area (Å²) in [5, 5.41) is 5.78. The van der Waals surface area contributed by atoms with E-state index in [0.29, 0.717) is 31.2 Å². The van der Waals surface area contributed by atoms with Gasteiger partial charge in [-0.2, -0.15) is 0 Å². The summed E-state index contributed by atoms with van der Waals surface area (Å²) in [4.78, 5) is 51.5. The zero-order valence-electron chi connectivity index (χ0n) is 14.6. The van der Waals surface area contributed by atoms with E-state index in [9.17, 15) is 19.2 Å². The highest BCUT2D eigenvalue weighted by molar-refractivity contribution is 5.97. The molecular formula is C18H21N5O4. The number of nitrogens with two attached hydrogens (primary N) is 1. The molecule has 2 aromatic rings. The average molecular weight is 371 g/mol. The monoisotopic (exact) mass is 371 g/mol. The van der Waals surface area contributed by atoms with Crippen LogP contribution < -0.4 is 27.6 Å². The largest absolute Gasteiger partial charge is 0.392 e. The predicted octanol–water partition coefficient (Wildman–Crippen LogP) is 0.116. The summed E-state index contributed by atoms with van der Waals surface area (Å²) in [6.07, 6.45) is 2.76. The Bertz CT molecular complexity index is 942. The molecule has 0 bridgehead atoms. The van der Waals surface area contributed by atoms with Gasteiger partial charge >= 0.3 is 5.69 Å². The van der Waals surface area contributed by atoms with Crippen LogP contribution in [0.25, 0.3) is 0 Å². The number of benzene rings is 1. The molecule has 0 spiro atoms. The number of nitrogens with one attached hydrogen (secondary N) is 4. The Balaban J connectivity index is 1.54. The second-order valence-corrected chi connectivity index (χ2v) is 6.56. The lowest BCUT2D eigenvalue weighted by Gasteiger charge is -2.29. The van der Waals surface area contributed by atoms with Crippen molar-refractivity contribution >= 4 is 17.5 Å². The zero-order valence-corrected chi connectivity index (χ0v) is 14.6. The summed E-state index contributed by atoms with van der Waals surface area (Å²) in [7, 11) is 0. The number of H-pyrrole nitrogens is 2. The number of amides is 2. The number of hydrogen-bond donors (Lipinski definition) is 5. The van der Waals surface area contributed by atoms with Crippen LogP contribution in [0.3, 0.4) is 0 Å². The van der Waals surface area contributed by atoms with Gasteiger partial charge in [-0.05, 0) is 37.8 Å². The van der Waals surface area contributed by atoms with Gasteiger partial charge in [-0.15, -0.1) is 0 Å². The summed E-state index contributed by atoms with van der Waals surface area (Å²) in [6.45, 7) is 0. The van der Waals surface area contributed by atoms with Gasteiger partial charge < -0.3 is 21.4 Å². The fraction of sp³-hybridized carbons (Fsp3) is 0.333. The molecular weight excluding hydrogens is 350 g/mol. The number of aromatic nitrogens is 2. The molecule has 1 aromatic heterocycles. The third-order valence-electron chi connectivity index (χ3n) is 4.64. The molecule has 0 atom stereocenters. The molecule has 1 fully saturated rings. The van der Waals surface area contributed by atoms with Crippen LogP contribution in [0, 0.1) is 0 Å². The lowest BCUT2D eigenvalue weighted by atomic mass is 9.91. The van der Waals surface area contributed by atoms with Crippen LogP contribution in [0.4, 0.5) is 5.69 Å². The van der Waals surface area contributed by atoms with Crippen LogP contribution >= 0.6 is 0 Å². The lowest BCUT2D eigenvalue weighted by Crippen LogP contribution is -2.44. The maximum absolute atomic E-state index is 12.3. The van der Waals surface area contributed by atoms with Gasteiger partial charge in [-0.3, -0.25) is 19.4 Å². The van der Waals surface area contributed by atoms with Crippen molar-refractivity contribution in [2.45, 2.75) is 37.8 Å². The Kier molecular flexibility index (Phi) is 5.39. The second-order valence-electron chi connectivity index (χ2n) is 6.56. The van der Waals surface area contributed by atoms with Crippen molar-refractivity contribution in [1.29, 1.82) is 0 Å². The van der Waals surface area contributed by atoms with Gasteiger partial charge in [-0.1, -0.05) is 18.2 Å². The summed E-state index contributed by atoms with van der Waals surface area (Å²) < 4.78 is 0. The van der Waals surface area contributed by atoms with Crippen molar-refractivity contribution in [3.63, 3.8) is 0 Å². The van der Waals surface area contributed by atoms with Crippen LogP contribution in [0.5, 0.6) is 0 Å². The normalized spacial score (nSPS) is 19.3. The van der Waals surface area contributed by atoms with Crippen molar-refractivity contribution in [1.82, 2.24) is 20.6 Å². The van der Waals surface area contributed by atoms with Gasteiger partial charge in [-0.25, -0.2) is 4.79 Å². The van der Waals surface area contributed by atoms with E-state index in [1.165, 1.54) is 0 Å². The molecule has 1 aromatic carbocycles. The van der Waals surface area contributed by atoms with Crippen molar-refractivity contribution in [2.24, 2.45) is 0 Å². The third-order valence-corrected chi connectivity index (χ3v) is 4.64. The summed E-state index contributed by atoms with van der Waals surface area (Å²) in [5.41, 5.74) is 4.04. The summed E-state index contributed by atoms with van der Waals surface area (Å²) in [5.74, 6) is -0.704. The Morgan fingerprint density at radius 1 is 0.889 bits per heavy atom. The Hall–Kier alpha value is -3.36. The van der Waals surface area contributed by atoms with Gasteiger partial charge in [0.2, 0.25) is 0 Å². The fourth-order valence-electron chi connectivity index (χ4n) is 3.17. The molecule has 1 saturated carbocycles. The summed E-state index contributed by atoms with van der Waals surface area (Å²) in [6, 6.07) is 8.91. The number of hydrogen-bond acceptors (Lipinski definition) is 5. The molecule has 0 aliphatic heterocycles.